The van der Waals surface area contributed by atoms with Crippen molar-refractivity contribution in [3.63, 3.8) is 0 Å². The van der Waals surface area contributed by atoms with Gasteiger partial charge in [-0.3, -0.25) is 4.79 Å². The highest BCUT2D eigenvalue weighted by Crippen LogP contribution is 2.17. The molecular weight excluding hydrogens is 298 g/mol. The highest BCUT2D eigenvalue weighted by atomic mass is 16.5. The van der Waals surface area contributed by atoms with Gasteiger partial charge >= 0.3 is 0 Å². The Morgan fingerprint density at radius 3 is 2.54 bits per heavy atom. The van der Waals surface area contributed by atoms with E-state index in [9.17, 15) is 4.79 Å². The quantitative estimate of drug-likeness (QED) is 0.689. The number of ether oxygens (including phenoxy) is 1. The lowest BCUT2D eigenvalue weighted by Crippen LogP contribution is -2.13. The van der Waals surface area contributed by atoms with E-state index in [1.165, 1.54) is 5.56 Å². The van der Waals surface area contributed by atoms with Crippen molar-refractivity contribution in [1.82, 2.24) is 0 Å². The van der Waals surface area contributed by atoms with E-state index in [0.717, 1.165) is 35.4 Å². The molecule has 24 heavy (non-hydrogen) atoms. The first-order valence-corrected chi connectivity index (χ1v) is 8.67. The average molecular weight is 325 g/mol. The first kappa shape index (κ1) is 18.1. The Hall–Kier alpha value is -2.29. The van der Waals surface area contributed by atoms with Gasteiger partial charge in [-0.05, 0) is 61.6 Å². The molecule has 0 bridgehead atoms. The van der Waals surface area contributed by atoms with Crippen LogP contribution in [0.5, 0.6) is 5.75 Å². The lowest BCUT2D eigenvalue weighted by Gasteiger charge is -2.10. The van der Waals surface area contributed by atoms with E-state index in [4.69, 9.17) is 4.74 Å². The number of hydrogen-bond donors (Lipinski definition) is 1. The van der Waals surface area contributed by atoms with Crippen molar-refractivity contribution in [1.29, 1.82) is 0 Å². The zero-order valence-electron chi connectivity index (χ0n) is 14.9. The number of amides is 1. The molecule has 0 aliphatic rings. The summed E-state index contributed by atoms with van der Waals surface area (Å²) in [6.45, 7) is 6.75. The lowest BCUT2D eigenvalue weighted by atomic mass is 10.1. The van der Waals surface area contributed by atoms with E-state index in [1.807, 2.05) is 44.2 Å². The van der Waals surface area contributed by atoms with Gasteiger partial charge in [0, 0.05) is 12.1 Å². The highest BCUT2D eigenvalue weighted by molar-refractivity contribution is 5.91. The molecule has 128 valence electrons. The van der Waals surface area contributed by atoms with E-state index < -0.39 is 0 Å². The number of anilines is 1. The van der Waals surface area contributed by atoms with Crippen molar-refractivity contribution in [2.75, 3.05) is 11.9 Å². The average Bonchev–Trinajstić information content (AvgIpc) is 2.57. The Bertz CT molecular complexity index is 662. The Labute approximate surface area is 145 Å². The number of hydrogen-bond acceptors (Lipinski definition) is 2. The number of carbonyl (C=O) groups excluding carboxylic acids is 1. The summed E-state index contributed by atoms with van der Waals surface area (Å²) in [6.07, 6.45) is 3.41. The molecule has 3 heteroatoms. The lowest BCUT2D eigenvalue weighted by molar-refractivity contribution is -0.116. The first-order chi connectivity index (χ1) is 11.6. The maximum Gasteiger partial charge on any atom is 0.224 e. The Balaban J connectivity index is 1.71. The summed E-state index contributed by atoms with van der Waals surface area (Å²) in [7, 11) is 0. The minimum atomic E-state index is 0.0330. The fraction of sp³-hybridized carbons (Fsp3) is 0.381. The number of benzene rings is 2. The molecule has 0 aliphatic carbocycles. The second-order valence-corrected chi connectivity index (χ2v) is 6.21. The molecule has 0 unspecified atom stereocenters. The van der Waals surface area contributed by atoms with Crippen LogP contribution in [0.4, 0.5) is 5.69 Å². The maximum absolute atomic E-state index is 12.0. The van der Waals surface area contributed by atoms with Crippen molar-refractivity contribution in [3.8, 4) is 5.75 Å². The molecule has 0 saturated heterocycles. The van der Waals surface area contributed by atoms with E-state index >= 15 is 0 Å². The normalized spacial score (nSPS) is 10.5. The van der Waals surface area contributed by atoms with Gasteiger partial charge in [0.1, 0.15) is 5.75 Å². The summed E-state index contributed by atoms with van der Waals surface area (Å²) in [4.78, 5) is 12.0. The number of rotatable bonds is 8. The smallest absolute Gasteiger partial charge is 0.224 e. The molecule has 0 radical (unpaired) electrons. The van der Waals surface area contributed by atoms with Crippen LogP contribution in [0.25, 0.3) is 0 Å². The number of aryl methyl sites for hydroxylation is 3. The Kier molecular flexibility index (Phi) is 6.86. The van der Waals surface area contributed by atoms with Crippen molar-refractivity contribution in [3.05, 3.63) is 59.2 Å². The van der Waals surface area contributed by atoms with Crippen LogP contribution in [0, 0.1) is 13.8 Å². The van der Waals surface area contributed by atoms with Gasteiger partial charge in [-0.1, -0.05) is 37.6 Å². The molecule has 1 N–H and O–H groups in total. The molecule has 0 aromatic heterocycles. The SMILES string of the molecule is CCCc1ccc(OCCCC(=O)Nc2cc(C)ccc2C)cc1. The van der Waals surface area contributed by atoms with Crippen molar-refractivity contribution < 1.29 is 9.53 Å². The van der Waals surface area contributed by atoms with Crippen LogP contribution < -0.4 is 10.1 Å². The summed E-state index contributed by atoms with van der Waals surface area (Å²) in [5.74, 6) is 0.899. The zero-order chi connectivity index (χ0) is 17.4. The molecule has 0 saturated carbocycles. The van der Waals surface area contributed by atoms with Gasteiger partial charge in [-0.2, -0.15) is 0 Å². The molecule has 2 rings (SSSR count). The van der Waals surface area contributed by atoms with Gasteiger partial charge in [-0.15, -0.1) is 0 Å². The van der Waals surface area contributed by atoms with Crippen molar-refractivity contribution in [2.45, 2.75) is 46.5 Å². The molecule has 0 heterocycles. The molecule has 0 aliphatic heterocycles. The van der Waals surface area contributed by atoms with Gasteiger partial charge in [0.05, 0.1) is 6.61 Å². The summed E-state index contributed by atoms with van der Waals surface area (Å²) < 4.78 is 5.70. The Morgan fingerprint density at radius 2 is 1.83 bits per heavy atom. The van der Waals surface area contributed by atoms with Gasteiger partial charge in [0.15, 0.2) is 0 Å². The van der Waals surface area contributed by atoms with Gasteiger partial charge < -0.3 is 10.1 Å². The van der Waals surface area contributed by atoms with E-state index in [0.29, 0.717) is 19.4 Å². The third-order valence-corrected chi connectivity index (χ3v) is 3.95. The summed E-state index contributed by atoms with van der Waals surface area (Å²) in [5.41, 5.74) is 4.45. The maximum atomic E-state index is 12.0. The predicted octanol–water partition coefficient (Wildman–Crippen LogP) is 5.05. The number of carbonyl (C=O) groups is 1. The topological polar surface area (TPSA) is 38.3 Å². The highest BCUT2D eigenvalue weighted by Gasteiger charge is 2.05. The molecule has 3 nitrogen and oxygen atoms in total. The molecule has 1 amide bonds. The van der Waals surface area contributed by atoms with Crippen LogP contribution in [0.1, 0.15) is 42.9 Å². The first-order valence-electron chi connectivity index (χ1n) is 8.67. The second-order valence-electron chi connectivity index (χ2n) is 6.21. The molecular formula is C21H27NO2. The molecule has 0 atom stereocenters. The molecule has 2 aromatic rings. The molecule has 2 aromatic carbocycles. The standard InChI is InChI=1S/C21H27NO2/c1-4-6-18-10-12-19(13-11-18)24-14-5-7-21(23)22-20-15-16(2)8-9-17(20)3/h8-13,15H,4-7,14H2,1-3H3,(H,22,23). The fourth-order valence-corrected chi connectivity index (χ4v) is 2.55. The van der Waals surface area contributed by atoms with E-state index in [2.05, 4.69) is 24.4 Å². The van der Waals surface area contributed by atoms with E-state index in [-0.39, 0.29) is 5.91 Å². The minimum Gasteiger partial charge on any atom is -0.494 e. The zero-order valence-corrected chi connectivity index (χ0v) is 14.9. The largest absolute Gasteiger partial charge is 0.494 e. The third kappa shape index (κ3) is 5.73. The molecule has 0 fully saturated rings. The monoisotopic (exact) mass is 325 g/mol. The summed E-state index contributed by atoms with van der Waals surface area (Å²) in [5, 5.41) is 2.98. The van der Waals surface area contributed by atoms with Crippen LogP contribution in [0.3, 0.4) is 0 Å². The molecule has 0 spiro atoms. The fourth-order valence-electron chi connectivity index (χ4n) is 2.55. The predicted molar refractivity (Wildman–Crippen MR) is 99.7 cm³/mol. The second kappa shape index (κ2) is 9.11. The summed E-state index contributed by atoms with van der Waals surface area (Å²) in [6, 6.07) is 14.3. The third-order valence-electron chi connectivity index (χ3n) is 3.95. The van der Waals surface area contributed by atoms with Crippen LogP contribution >= 0.6 is 0 Å². The van der Waals surface area contributed by atoms with Crippen LogP contribution in [-0.4, -0.2) is 12.5 Å². The van der Waals surface area contributed by atoms with Gasteiger partial charge in [0.2, 0.25) is 5.91 Å². The van der Waals surface area contributed by atoms with E-state index in [1.54, 1.807) is 0 Å². The van der Waals surface area contributed by atoms with Crippen LogP contribution in [-0.2, 0) is 11.2 Å². The summed E-state index contributed by atoms with van der Waals surface area (Å²) >= 11 is 0. The minimum absolute atomic E-state index is 0.0330. The van der Waals surface area contributed by atoms with Crippen molar-refractivity contribution >= 4 is 11.6 Å². The van der Waals surface area contributed by atoms with Gasteiger partial charge in [-0.25, -0.2) is 0 Å². The van der Waals surface area contributed by atoms with Gasteiger partial charge in [0.25, 0.3) is 0 Å². The van der Waals surface area contributed by atoms with Crippen molar-refractivity contribution in [2.24, 2.45) is 0 Å². The number of nitrogens with one attached hydrogen (secondary N) is 1. The Morgan fingerprint density at radius 1 is 1.08 bits per heavy atom. The van der Waals surface area contributed by atoms with Crippen LogP contribution in [0.2, 0.25) is 0 Å². The van der Waals surface area contributed by atoms with Crippen LogP contribution in [0.15, 0.2) is 42.5 Å².